The van der Waals surface area contributed by atoms with Crippen LogP contribution in [0.15, 0.2) is 60.7 Å². The van der Waals surface area contributed by atoms with Crippen molar-refractivity contribution in [1.82, 2.24) is 0 Å². The molecule has 2 aromatic rings. The Labute approximate surface area is 163 Å². The number of benzene rings is 2. The summed E-state index contributed by atoms with van der Waals surface area (Å²) in [7, 11) is 2.07. The molecule has 2 atom stereocenters. The Kier molecular flexibility index (Phi) is 7.23. The zero-order chi connectivity index (χ0) is 19.1. The zero-order valence-electron chi connectivity index (χ0n) is 15.9. The van der Waals surface area contributed by atoms with E-state index in [-0.39, 0.29) is 13.4 Å². The fourth-order valence-corrected chi connectivity index (χ4v) is 4.77. The van der Waals surface area contributed by atoms with Crippen LogP contribution >= 0.6 is 8.58 Å². The maximum Gasteiger partial charge on any atom is 0.188 e. The molecule has 3 rings (SSSR count). The maximum atomic E-state index is 9.74. The van der Waals surface area contributed by atoms with Gasteiger partial charge in [0, 0.05) is 12.4 Å². The van der Waals surface area contributed by atoms with Crippen molar-refractivity contribution in [3.63, 3.8) is 0 Å². The van der Waals surface area contributed by atoms with Crippen LogP contribution in [-0.2, 0) is 17.8 Å². The fourth-order valence-electron chi connectivity index (χ4n) is 3.37. The van der Waals surface area contributed by atoms with E-state index in [1.165, 1.54) is 16.4 Å². The third-order valence-electron chi connectivity index (χ3n) is 4.76. The van der Waals surface area contributed by atoms with Gasteiger partial charge in [0.15, 0.2) is 6.79 Å². The van der Waals surface area contributed by atoms with Gasteiger partial charge in [-0.15, -0.1) is 0 Å². The summed E-state index contributed by atoms with van der Waals surface area (Å²) in [6, 6.07) is 12.5. The van der Waals surface area contributed by atoms with Crippen molar-refractivity contribution in [1.29, 1.82) is 0 Å². The zero-order valence-corrected chi connectivity index (χ0v) is 16.9. The molecule has 0 spiro atoms. The van der Waals surface area contributed by atoms with Crippen LogP contribution in [0.25, 0.3) is 0 Å². The van der Waals surface area contributed by atoms with Crippen molar-refractivity contribution in [3.8, 4) is 5.75 Å². The molecular formula is C23H27O3P. The average molecular weight is 382 g/mol. The lowest BCUT2D eigenvalue weighted by Crippen LogP contribution is -2.17. The van der Waals surface area contributed by atoms with Gasteiger partial charge >= 0.3 is 0 Å². The number of para-hydroxylation sites is 1. The summed E-state index contributed by atoms with van der Waals surface area (Å²) in [5.41, 5.74) is 3.39. The molecule has 0 saturated heterocycles. The summed E-state index contributed by atoms with van der Waals surface area (Å²) in [5, 5.41) is 12.1. The normalized spacial score (nSPS) is 16.3. The molecule has 142 valence electrons. The van der Waals surface area contributed by atoms with Crippen LogP contribution in [-0.4, -0.2) is 19.0 Å². The van der Waals surface area contributed by atoms with Gasteiger partial charge in [-0.25, -0.2) is 0 Å². The van der Waals surface area contributed by atoms with Crippen molar-refractivity contribution >= 4 is 19.2 Å². The Hall–Kier alpha value is -1.93. The van der Waals surface area contributed by atoms with E-state index in [0.29, 0.717) is 14.5 Å². The number of allylic oxidation sites excluding steroid dienone is 4. The van der Waals surface area contributed by atoms with E-state index in [2.05, 4.69) is 55.5 Å². The highest BCUT2D eigenvalue weighted by molar-refractivity contribution is 7.56. The van der Waals surface area contributed by atoms with E-state index in [9.17, 15) is 5.11 Å². The minimum atomic E-state index is 0.0527. The highest BCUT2D eigenvalue weighted by Gasteiger charge is 2.16. The molecule has 4 heteroatoms. The van der Waals surface area contributed by atoms with Gasteiger partial charge in [0.1, 0.15) is 5.75 Å². The number of ether oxygens (including phenoxy) is 2. The van der Waals surface area contributed by atoms with Gasteiger partial charge in [0.25, 0.3) is 0 Å². The highest BCUT2D eigenvalue weighted by atomic mass is 31.1. The summed E-state index contributed by atoms with van der Waals surface area (Å²) >= 11 is 0. The fraction of sp³-hybridized carbons (Fsp3) is 0.304. The smallest absolute Gasteiger partial charge is 0.188 e. The molecule has 0 radical (unpaired) electrons. The number of aryl methyl sites for hydroxylation is 1. The lowest BCUT2D eigenvalue weighted by Gasteiger charge is -2.20. The van der Waals surface area contributed by atoms with Crippen LogP contribution in [0, 0.1) is 12.8 Å². The maximum absolute atomic E-state index is 9.74. The molecule has 0 amide bonds. The van der Waals surface area contributed by atoms with E-state index < -0.39 is 0 Å². The molecule has 1 aliphatic carbocycles. The summed E-state index contributed by atoms with van der Waals surface area (Å²) in [6.45, 7) is 2.38. The first kappa shape index (κ1) is 19.8. The summed E-state index contributed by atoms with van der Waals surface area (Å²) in [4.78, 5) is 0. The van der Waals surface area contributed by atoms with Crippen LogP contribution in [0.5, 0.6) is 5.75 Å². The Balaban J connectivity index is 1.93. The molecule has 0 fully saturated rings. The van der Waals surface area contributed by atoms with Gasteiger partial charge in [-0.2, -0.15) is 0 Å². The second-order valence-electron chi connectivity index (χ2n) is 6.75. The molecule has 1 aliphatic rings. The van der Waals surface area contributed by atoms with Crippen molar-refractivity contribution in [2.45, 2.75) is 26.4 Å². The van der Waals surface area contributed by atoms with Crippen molar-refractivity contribution in [2.24, 2.45) is 5.92 Å². The number of aliphatic hydroxyl groups excluding tert-OH is 1. The standard InChI is InChI=1S/C23H27O3P/c1-17-8-6-12-20(15-24)23(17)27-21-13-7-11-19(22(21)26-16-25-2)14-18-9-4-3-5-10-18/h3-9,11-13,18,24,27H,10,14-16H2,1-2H3. The van der Waals surface area contributed by atoms with Crippen LogP contribution in [0.2, 0.25) is 0 Å². The predicted octanol–water partition coefficient (Wildman–Crippen LogP) is 3.77. The minimum Gasteiger partial charge on any atom is -0.467 e. The van der Waals surface area contributed by atoms with Gasteiger partial charge in [-0.05, 0) is 47.7 Å². The molecule has 0 heterocycles. The van der Waals surface area contributed by atoms with E-state index in [1.807, 2.05) is 12.1 Å². The van der Waals surface area contributed by atoms with Crippen LogP contribution in [0.3, 0.4) is 0 Å². The molecular weight excluding hydrogens is 355 g/mol. The van der Waals surface area contributed by atoms with Crippen LogP contribution in [0.4, 0.5) is 0 Å². The Bertz CT molecular complexity index is 826. The quantitative estimate of drug-likeness (QED) is 0.558. The third kappa shape index (κ3) is 5.07. The lowest BCUT2D eigenvalue weighted by molar-refractivity contribution is 0.0511. The van der Waals surface area contributed by atoms with Gasteiger partial charge in [-0.3, -0.25) is 0 Å². The SMILES string of the molecule is COCOc1c(CC2C=CC=CC2)cccc1Pc1c(C)cccc1CO. The first-order chi connectivity index (χ1) is 13.2. The van der Waals surface area contributed by atoms with Gasteiger partial charge in [0.2, 0.25) is 0 Å². The molecule has 0 aliphatic heterocycles. The second-order valence-corrected chi connectivity index (χ2v) is 8.04. The topological polar surface area (TPSA) is 38.7 Å². The second kappa shape index (κ2) is 9.85. The Morgan fingerprint density at radius 2 is 1.93 bits per heavy atom. The average Bonchev–Trinajstić information content (AvgIpc) is 2.70. The number of hydrogen-bond donors (Lipinski definition) is 1. The molecule has 3 nitrogen and oxygen atoms in total. The number of hydrogen-bond acceptors (Lipinski definition) is 3. The van der Waals surface area contributed by atoms with Crippen molar-refractivity contribution < 1.29 is 14.6 Å². The minimum absolute atomic E-state index is 0.0527. The molecule has 2 aromatic carbocycles. The number of methoxy groups -OCH3 is 1. The molecule has 0 aromatic heterocycles. The molecule has 0 saturated carbocycles. The molecule has 2 unspecified atom stereocenters. The Morgan fingerprint density at radius 3 is 2.67 bits per heavy atom. The first-order valence-corrected chi connectivity index (χ1v) is 10.3. The van der Waals surface area contributed by atoms with E-state index in [1.54, 1.807) is 7.11 Å². The third-order valence-corrected chi connectivity index (χ3v) is 6.39. The number of aliphatic hydroxyl groups is 1. The Morgan fingerprint density at radius 1 is 1.11 bits per heavy atom. The van der Waals surface area contributed by atoms with Gasteiger partial charge < -0.3 is 14.6 Å². The molecule has 27 heavy (non-hydrogen) atoms. The van der Waals surface area contributed by atoms with Crippen molar-refractivity contribution in [2.75, 3.05) is 13.9 Å². The van der Waals surface area contributed by atoms with Crippen LogP contribution < -0.4 is 15.3 Å². The van der Waals surface area contributed by atoms with E-state index in [0.717, 1.165) is 29.5 Å². The van der Waals surface area contributed by atoms with Crippen molar-refractivity contribution in [3.05, 3.63) is 77.4 Å². The van der Waals surface area contributed by atoms with E-state index in [4.69, 9.17) is 9.47 Å². The van der Waals surface area contributed by atoms with Gasteiger partial charge in [0.05, 0.1) is 6.61 Å². The molecule has 0 bridgehead atoms. The number of rotatable bonds is 8. The largest absolute Gasteiger partial charge is 0.467 e. The highest BCUT2D eigenvalue weighted by Crippen LogP contribution is 2.29. The summed E-state index contributed by atoms with van der Waals surface area (Å²) in [5.74, 6) is 1.41. The monoisotopic (exact) mass is 382 g/mol. The summed E-state index contributed by atoms with van der Waals surface area (Å²) in [6.07, 6.45) is 10.7. The first-order valence-electron chi connectivity index (χ1n) is 9.26. The van der Waals surface area contributed by atoms with Crippen LogP contribution in [0.1, 0.15) is 23.1 Å². The lowest BCUT2D eigenvalue weighted by atomic mass is 9.93. The predicted molar refractivity (Wildman–Crippen MR) is 114 cm³/mol. The van der Waals surface area contributed by atoms with Gasteiger partial charge in [-0.1, -0.05) is 69.3 Å². The molecule has 1 N–H and O–H groups in total. The summed E-state index contributed by atoms with van der Waals surface area (Å²) < 4.78 is 11.2. The van der Waals surface area contributed by atoms with E-state index >= 15 is 0 Å².